The fraction of sp³-hybridized carbons (Fsp3) is 0.579. The van der Waals surface area contributed by atoms with E-state index < -0.39 is 6.10 Å². The summed E-state index contributed by atoms with van der Waals surface area (Å²) in [5.74, 6) is 1.64. The van der Waals surface area contributed by atoms with Gasteiger partial charge in [0.05, 0.1) is 0 Å². The Kier molecular flexibility index (Phi) is 4.99. The molecule has 2 fully saturated rings. The predicted octanol–water partition coefficient (Wildman–Crippen LogP) is 3.55. The van der Waals surface area contributed by atoms with Crippen LogP contribution in [0.1, 0.15) is 63.4 Å². The molecule has 1 N–H and O–H groups in total. The van der Waals surface area contributed by atoms with Gasteiger partial charge in [0.15, 0.2) is 6.10 Å². The van der Waals surface area contributed by atoms with Crippen LogP contribution in [-0.4, -0.2) is 17.9 Å². The van der Waals surface area contributed by atoms with E-state index in [-0.39, 0.29) is 11.8 Å². The van der Waals surface area contributed by atoms with Crippen LogP contribution in [-0.2, 0) is 9.59 Å². The smallest absolute Gasteiger partial charge is 0.267 e. The summed E-state index contributed by atoms with van der Waals surface area (Å²) in [6.45, 7) is 2.35. The molecule has 0 spiro atoms. The van der Waals surface area contributed by atoms with E-state index in [1.807, 2.05) is 12.1 Å². The van der Waals surface area contributed by atoms with Gasteiger partial charge in [-0.3, -0.25) is 14.9 Å². The van der Waals surface area contributed by atoms with E-state index in [0.29, 0.717) is 24.5 Å². The first kappa shape index (κ1) is 16.0. The van der Waals surface area contributed by atoms with Crippen molar-refractivity contribution >= 4 is 11.8 Å². The number of hydrogen-bond donors (Lipinski definition) is 1. The standard InChI is InChI=1S/C19H25NO3/c1-13-3-2-4-14(6-5-13)15-7-9-16(10-8-15)23-17-11-12-18(21)20-19(17)22/h7-10,13-14,17H,2-6,11-12H2,1H3,(H,20,21,22). The normalized spacial score (nSPS) is 28.8. The minimum absolute atomic E-state index is 0.215. The summed E-state index contributed by atoms with van der Waals surface area (Å²) in [4.78, 5) is 22.9. The number of amides is 2. The highest BCUT2D eigenvalue weighted by Crippen LogP contribution is 2.34. The highest BCUT2D eigenvalue weighted by molar-refractivity contribution is 5.99. The maximum Gasteiger partial charge on any atom is 0.267 e. The number of benzene rings is 1. The van der Waals surface area contributed by atoms with Crippen molar-refractivity contribution in [2.45, 2.75) is 63.9 Å². The molecular weight excluding hydrogens is 290 g/mol. The van der Waals surface area contributed by atoms with Crippen molar-refractivity contribution in [3.05, 3.63) is 29.8 Å². The molecule has 4 heteroatoms. The highest BCUT2D eigenvalue weighted by atomic mass is 16.5. The van der Waals surface area contributed by atoms with Crippen molar-refractivity contribution in [1.29, 1.82) is 0 Å². The number of piperidine rings is 1. The molecule has 0 radical (unpaired) electrons. The molecule has 1 saturated heterocycles. The molecule has 1 aromatic rings. The van der Waals surface area contributed by atoms with Gasteiger partial charge >= 0.3 is 0 Å². The molecule has 0 bridgehead atoms. The molecule has 1 heterocycles. The van der Waals surface area contributed by atoms with Crippen molar-refractivity contribution in [2.24, 2.45) is 5.92 Å². The first-order chi connectivity index (χ1) is 11.1. The van der Waals surface area contributed by atoms with E-state index in [1.54, 1.807) is 0 Å². The van der Waals surface area contributed by atoms with Gasteiger partial charge in [-0.2, -0.15) is 0 Å². The van der Waals surface area contributed by atoms with E-state index in [4.69, 9.17) is 4.74 Å². The molecule has 124 valence electrons. The van der Waals surface area contributed by atoms with Gasteiger partial charge < -0.3 is 4.74 Å². The van der Waals surface area contributed by atoms with Crippen LogP contribution in [0.4, 0.5) is 0 Å². The number of ether oxygens (including phenoxy) is 1. The van der Waals surface area contributed by atoms with Gasteiger partial charge in [0, 0.05) is 12.8 Å². The lowest BCUT2D eigenvalue weighted by Gasteiger charge is -2.22. The van der Waals surface area contributed by atoms with Gasteiger partial charge in [-0.05, 0) is 42.4 Å². The molecule has 1 aromatic carbocycles. The molecule has 1 saturated carbocycles. The Balaban J connectivity index is 1.60. The monoisotopic (exact) mass is 315 g/mol. The second-order valence-corrected chi connectivity index (χ2v) is 6.94. The number of rotatable bonds is 3. The third-order valence-corrected chi connectivity index (χ3v) is 5.08. The summed E-state index contributed by atoms with van der Waals surface area (Å²) in [7, 11) is 0. The van der Waals surface area contributed by atoms with E-state index in [0.717, 1.165) is 5.92 Å². The minimum atomic E-state index is -0.558. The molecule has 2 aliphatic rings. The number of carbonyl (C=O) groups is 2. The summed E-state index contributed by atoms with van der Waals surface area (Å²) in [5, 5.41) is 2.32. The van der Waals surface area contributed by atoms with Crippen LogP contribution in [0, 0.1) is 5.92 Å². The quantitative estimate of drug-likeness (QED) is 0.685. The largest absolute Gasteiger partial charge is 0.481 e. The Morgan fingerprint density at radius 2 is 1.78 bits per heavy atom. The summed E-state index contributed by atoms with van der Waals surface area (Å²) >= 11 is 0. The third kappa shape index (κ3) is 4.12. The Hall–Kier alpha value is -1.84. The topological polar surface area (TPSA) is 55.4 Å². The summed E-state index contributed by atoms with van der Waals surface area (Å²) in [5.41, 5.74) is 1.37. The van der Waals surface area contributed by atoms with Gasteiger partial charge in [0.2, 0.25) is 5.91 Å². The van der Waals surface area contributed by atoms with Crippen molar-refractivity contribution in [3.63, 3.8) is 0 Å². The van der Waals surface area contributed by atoms with Gasteiger partial charge in [0.1, 0.15) is 5.75 Å². The van der Waals surface area contributed by atoms with Crippen molar-refractivity contribution in [3.8, 4) is 5.75 Å². The lowest BCUT2D eigenvalue weighted by atomic mass is 9.91. The van der Waals surface area contributed by atoms with Crippen LogP contribution in [0.3, 0.4) is 0 Å². The lowest BCUT2D eigenvalue weighted by molar-refractivity contribution is -0.138. The van der Waals surface area contributed by atoms with Gasteiger partial charge in [0.25, 0.3) is 5.91 Å². The Bertz CT molecular complexity index is 566. The molecule has 3 unspecified atom stereocenters. The number of hydrogen-bond acceptors (Lipinski definition) is 3. The molecule has 0 aromatic heterocycles. The zero-order valence-corrected chi connectivity index (χ0v) is 13.7. The molecule has 3 atom stereocenters. The zero-order chi connectivity index (χ0) is 16.2. The molecule has 23 heavy (non-hydrogen) atoms. The number of imide groups is 1. The first-order valence-corrected chi connectivity index (χ1v) is 8.72. The Morgan fingerprint density at radius 1 is 1.00 bits per heavy atom. The SMILES string of the molecule is CC1CCCC(c2ccc(OC3CCC(=O)NC3=O)cc2)CC1. The van der Waals surface area contributed by atoms with Crippen molar-refractivity contribution in [2.75, 3.05) is 0 Å². The van der Waals surface area contributed by atoms with E-state index in [2.05, 4.69) is 24.4 Å². The fourth-order valence-electron chi connectivity index (χ4n) is 3.59. The van der Waals surface area contributed by atoms with Crippen LogP contribution in [0.5, 0.6) is 5.75 Å². The minimum Gasteiger partial charge on any atom is -0.481 e. The lowest BCUT2D eigenvalue weighted by Crippen LogP contribution is -2.46. The Morgan fingerprint density at radius 3 is 2.52 bits per heavy atom. The third-order valence-electron chi connectivity index (χ3n) is 5.08. The van der Waals surface area contributed by atoms with E-state index >= 15 is 0 Å². The van der Waals surface area contributed by atoms with Crippen LogP contribution in [0.25, 0.3) is 0 Å². The van der Waals surface area contributed by atoms with Crippen molar-refractivity contribution < 1.29 is 14.3 Å². The average Bonchev–Trinajstić information content (AvgIpc) is 2.76. The van der Waals surface area contributed by atoms with E-state index in [9.17, 15) is 9.59 Å². The summed E-state index contributed by atoms with van der Waals surface area (Å²) in [6, 6.07) is 8.16. The Labute approximate surface area is 137 Å². The van der Waals surface area contributed by atoms with Crippen LogP contribution < -0.4 is 10.1 Å². The van der Waals surface area contributed by atoms with Crippen molar-refractivity contribution in [1.82, 2.24) is 5.32 Å². The zero-order valence-electron chi connectivity index (χ0n) is 13.7. The molecule has 2 amide bonds. The highest BCUT2D eigenvalue weighted by Gasteiger charge is 2.28. The summed E-state index contributed by atoms with van der Waals surface area (Å²) < 4.78 is 5.74. The molecular formula is C19H25NO3. The second-order valence-electron chi connectivity index (χ2n) is 6.94. The maximum atomic E-state index is 11.7. The second kappa shape index (κ2) is 7.16. The van der Waals surface area contributed by atoms with Crippen LogP contribution in [0.15, 0.2) is 24.3 Å². The summed E-state index contributed by atoms with van der Waals surface area (Å²) in [6.07, 6.45) is 6.71. The van der Waals surface area contributed by atoms with Gasteiger partial charge in [-0.1, -0.05) is 38.3 Å². The van der Waals surface area contributed by atoms with E-state index in [1.165, 1.54) is 37.7 Å². The van der Waals surface area contributed by atoms with Crippen LogP contribution >= 0.6 is 0 Å². The van der Waals surface area contributed by atoms with Gasteiger partial charge in [-0.25, -0.2) is 0 Å². The van der Waals surface area contributed by atoms with Gasteiger partial charge in [-0.15, -0.1) is 0 Å². The molecule has 1 aliphatic heterocycles. The average molecular weight is 315 g/mol. The molecule has 1 aliphatic carbocycles. The molecule has 4 nitrogen and oxygen atoms in total. The number of nitrogens with one attached hydrogen (secondary N) is 1. The fourth-order valence-corrected chi connectivity index (χ4v) is 3.59. The number of carbonyl (C=O) groups excluding carboxylic acids is 2. The predicted molar refractivity (Wildman–Crippen MR) is 88.2 cm³/mol. The maximum absolute atomic E-state index is 11.7. The molecule has 3 rings (SSSR count). The van der Waals surface area contributed by atoms with Crippen LogP contribution in [0.2, 0.25) is 0 Å². The first-order valence-electron chi connectivity index (χ1n) is 8.72.